The van der Waals surface area contributed by atoms with Crippen LogP contribution in [0.1, 0.15) is 39.1 Å². The van der Waals surface area contributed by atoms with Crippen molar-refractivity contribution in [3.63, 3.8) is 0 Å². The number of ether oxygens (including phenoxy) is 1. The van der Waals surface area contributed by atoms with Crippen molar-refractivity contribution in [1.29, 1.82) is 0 Å². The Bertz CT molecular complexity index is 1130. The van der Waals surface area contributed by atoms with Gasteiger partial charge in [0, 0.05) is 42.8 Å². The number of esters is 1. The molecule has 0 aliphatic carbocycles. The molecule has 0 N–H and O–H groups in total. The molecule has 1 fully saturated rings. The van der Waals surface area contributed by atoms with Gasteiger partial charge in [0.25, 0.3) is 11.7 Å². The molecule has 0 radical (unpaired) electrons. The van der Waals surface area contributed by atoms with Gasteiger partial charge in [0.1, 0.15) is 0 Å². The number of nitrogens with zero attached hydrogens (tertiary/aromatic N) is 2. The molecular weight excluding hydrogens is 392 g/mol. The molecule has 160 valence electrons. The van der Waals surface area contributed by atoms with Gasteiger partial charge in [-0.2, -0.15) is 0 Å². The van der Waals surface area contributed by atoms with Crippen molar-refractivity contribution in [1.82, 2.24) is 9.47 Å². The zero-order chi connectivity index (χ0) is 22.0. The van der Waals surface area contributed by atoms with E-state index in [0.29, 0.717) is 16.9 Å². The number of amides is 1. The van der Waals surface area contributed by atoms with Crippen LogP contribution in [-0.4, -0.2) is 47.3 Å². The van der Waals surface area contributed by atoms with E-state index in [1.165, 1.54) is 12.7 Å². The van der Waals surface area contributed by atoms with Crippen LogP contribution in [-0.2, 0) is 23.0 Å². The van der Waals surface area contributed by atoms with Crippen LogP contribution in [0.3, 0.4) is 0 Å². The summed E-state index contributed by atoms with van der Waals surface area (Å²) in [6.45, 7) is 1.44. The van der Waals surface area contributed by atoms with E-state index in [9.17, 15) is 14.4 Å². The van der Waals surface area contributed by atoms with Gasteiger partial charge in [-0.25, -0.2) is 4.79 Å². The molecular formula is C25H26N2O4. The van der Waals surface area contributed by atoms with Gasteiger partial charge in [0.15, 0.2) is 0 Å². The number of carbonyl (C=O) groups is 3. The Balaban J connectivity index is 1.49. The van der Waals surface area contributed by atoms with Gasteiger partial charge < -0.3 is 14.2 Å². The first-order valence-electron chi connectivity index (χ1n) is 10.5. The molecule has 6 heteroatoms. The average molecular weight is 418 g/mol. The normalized spacial score (nSPS) is 14.6. The van der Waals surface area contributed by atoms with Crippen molar-refractivity contribution in [2.75, 3.05) is 20.2 Å². The molecule has 1 aliphatic rings. The van der Waals surface area contributed by atoms with Gasteiger partial charge in [-0.3, -0.25) is 9.59 Å². The van der Waals surface area contributed by atoms with Crippen LogP contribution in [0.25, 0.3) is 10.9 Å². The van der Waals surface area contributed by atoms with E-state index in [1.807, 2.05) is 17.0 Å². The van der Waals surface area contributed by atoms with Gasteiger partial charge in [0.05, 0.1) is 12.7 Å². The van der Waals surface area contributed by atoms with Gasteiger partial charge >= 0.3 is 5.97 Å². The lowest BCUT2D eigenvalue weighted by Crippen LogP contribution is -2.38. The van der Waals surface area contributed by atoms with Crippen LogP contribution < -0.4 is 0 Å². The molecule has 0 saturated carbocycles. The molecule has 31 heavy (non-hydrogen) atoms. The van der Waals surface area contributed by atoms with Crippen molar-refractivity contribution in [3.05, 3.63) is 71.4 Å². The Morgan fingerprint density at radius 2 is 1.74 bits per heavy atom. The Morgan fingerprint density at radius 3 is 2.42 bits per heavy atom. The minimum Gasteiger partial charge on any atom is -0.463 e. The number of benzene rings is 2. The highest BCUT2D eigenvalue weighted by Gasteiger charge is 2.26. The highest BCUT2D eigenvalue weighted by Crippen LogP contribution is 2.26. The number of likely N-dealkylation sites (tertiary alicyclic amines) is 1. The smallest absolute Gasteiger partial charge is 0.379 e. The van der Waals surface area contributed by atoms with Crippen molar-refractivity contribution in [2.45, 2.75) is 19.3 Å². The number of Topliss-reactive ketones (excluding diaryl/α,β-unsaturated/α-hetero) is 1. The van der Waals surface area contributed by atoms with E-state index < -0.39 is 11.8 Å². The zero-order valence-electron chi connectivity index (χ0n) is 17.8. The zero-order valence-corrected chi connectivity index (χ0v) is 17.8. The average Bonchev–Trinajstić information content (AvgIpc) is 3.14. The predicted molar refractivity (Wildman–Crippen MR) is 118 cm³/mol. The molecule has 1 aromatic heterocycles. The number of rotatable bonds is 5. The second-order valence-electron chi connectivity index (χ2n) is 8.13. The van der Waals surface area contributed by atoms with Crippen LogP contribution in [0, 0.1) is 5.92 Å². The number of aryl methyl sites for hydroxylation is 1. The molecule has 4 rings (SSSR count). The Labute approximate surface area is 181 Å². The number of fused-ring (bicyclic) bond motifs is 1. The summed E-state index contributed by atoms with van der Waals surface area (Å²) in [5.41, 5.74) is 2.90. The molecule has 2 heterocycles. The van der Waals surface area contributed by atoms with Crippen LogP contribution in [0.15, 0.2) is 54.7 Å². The number of aromatic nitrogens is 1. The summed E-state index contributed by atoms with van der Waals surface area (Å²) < 4.78 is 6.35. The summed E-state index contributed by atoms with van der Waals surface area (Å²) in [5, 5.41) is 0.586. The molecule has 6 nitrogen and oxygen atoms in total. The SMILES string of the molecule is COC(=O)C(=O)c1cn(C)c2ccc(C(=O)N3CCC(Cc4ccccc4)CC3)cc12. The van der Waals surface area contributed by atoms with E-state index in [-0.39, 0.29) is 11.5 Å². The Hall–Kier alpha value is -3.41. The van der Waals surface area contributed by atoms with E-state index in [0.717, 1.165) is 37.9 Å². The number of hydrogen-bond donors (Lipinski definition) is 0. The largest absolute Gasteiger partial charge is 0.463 e. The summed E-state index contributed by atoms with van der Waals surface area (Å²) in [6, 6.07) is 15.8. The van der Waals surface area contributed by atoms with Crippen molar-refractivity contribution in [2.24, 2.45) is 13.0 Å². The quantitative estimate of drug-likeness (QED) is 0.361. The van der Waals surface area contributed by atoms with Crippen molar-refractivity contribution in [3.8, 4) is 0 Å². The number of ketones is 1. The third kappa shape index (κ3) is 4.24. The first-order valence-corrected chi connectivity index (χ1v) is 10.5. The summed E-state index contributed by atoms with van der Waals surface area (Å²) in [7, 11) is 2.98. The molecule has 1 aliphatic heterocycles. The third-order valence-electron chi connectivity index (χ3n) is 6.12. The van der Waals surface area contributed by atoms with Crippen LogP contribution in [0.5, 0.6) is 0 Å². The van der Waals surface area contributed by atoms with Crippen LogP contribution >= 0.6 is 0 Å². The van der Waals surface area contributed by atoms with E-state index in [2.05, 4.69) is 29.0 Å². The molecule has 0 spiro atoms. The van der Waals surface area contributed by atoms with E-state index >= 15 is 0 Å². The maximum Gasteiger partial charge on any atom is 0.379 e. The fourth-order valence-corrected chi connectivity index (χ4v) is 4.38. The molecule has 0 bridgehead atoms. The summed E-state index contributed by atoms with van der Waals surface area (Å²) in [6.07, 6.45) is 4.59. The van der Waals surface area contributed by atoms with E-state index in [1.54, 1.807) is 29.9 Å². The molecule has 3 aromatic rings. The molecule has 1 amide bonds. The maximum atomic E-state index is 13.1. The van der Waals surface area contributed by atoms with Gasteiger partial charge in [-0.05, 0) is 48.9 Å². The minimum absolute atomic E-state index is 0.0413. The summed E-state index contributed by atoms with van der Waals surface area (Å²) in [5.74, 6) is -1.09. The lowest BCUT2D eigenvalue weighted by Gasteiger charge is -2.32. The predicted octanol–water partition coefficient (Wildman–Crippen LogP) is 3.63. The molecule has 1 saturated heterocycles. The fourth-order valence-electron chi connectivity index (χ4n) is 4.38. The van der Waals surface area contributed by atoms with Crippen molar-refractivity contribution >= 4 is 28.6 Å². The van der Waals surface area contributed by atoms with E-state index in [4.69, 9.17) is 0 Å². The second-order valence-corrected chi connectivity index (χ2v) is 8.13. The number of methoxy groups -OCH3 is 1. The monoisotopic (exact) mass is 418 g/mol. The number of piperidine rings is 1. The van der Waals surface area contributed by atoms with Crippen LogP contribution in [0.4, 0.5) is 0 Å². The second kappa shape index (κ2) is 8.76. The molecule has 2 aromatic carbocycles. The lowest BCUT2D eigenvalue weighted by molar-refractivity contribution is -0.135. The number of carbonyl (C=O) groups excluding carboxylic acids is 3. The van der Waals surface area contributed by atoms with Gasteiger partial charge in [0.2, 0.25) is 0 Å². The third-order valence-corrected chi connectivity index (χ3v) is 6.12. The lowest BCUT2D eigenvalue weighted by atomic mass is 9.90. The Kier molecular flexibility index (Phi) is 5.89. The number of hydrogen-bond acceptors (Lipinski definition) is 4. The topological polar surface area (TPSA) is 68.6 Å². The Morgan fingerprint density at radius 1 is 1.03 bits per heavy atom. The minimum atomic E-state index is -0.912. The highest BCUT2D eigenvalue weighted by atomic mass is 16.5. The standard InChI is InChI=1S/C25H26N2O4/c1-26-16-21(23(28)25(30)31-2)20-15-19(8-9-22(20)26)24(29)27-12-10-18(11-13-27)14-17-6-4-3-5-7-17/h3-9,15-16,18H,10-14H2,1-2H3. The summed E-state index contributed by atoms with van der Waals surface area (Å²) >= 11 is 0. The summed E-state index contributed by atoms with van der Waals surface area (Å²) in [4.78, 5) is 39.1. The molecule has 0 unspecified atom stereocenters. The van der Waals surface area contributed by atoms with Crippen molar-refractivity contribution < 1.29 is 19.1 Å². The van der Waals surface area contributed by atoms with Gasteiger partial charge in [-0.15, -0.1) is 0 Å². The maximum absolute atomic E-state index is 13.1. The highest BCUT2D eigenvalue weighted by molar-refractivity contribution is 6.43. The first kappa shape index (κ1) is 20.8. The fraction of sp³-hybridized carbons (Fsp3) is 0.320. The first-order chi connectivity index (χ1) is 15.0. The molecule has 0 atom stereocenters. The van der Waals surface area contributed by atoms with Crippen LogP contribution in [0.2, 0.25) is 0 Å². The van der Waals surface area contributed by atoms with Gasteiger partial charge in [-0.1, -0.05) is 30.3 Å².